The number of carbonyl (C=O) groups excluding carboxylic acids is 1. The second-order valence-electron chi connectivity index (χ2n) is 4.19. The number of aliphatic carboxylic acids is 1. The van der Waals surface area contributed by atoms with Crippen LogP contribution >= 0.6 is 0 Å². The van der Waals surface area contributed by atoms with E-state index in [1.54, 1.807) is 6.08 Å². The lowest BCUT2D eigenvalue weighted by Crippen LogP contribution is -2.46. The van der Waals surface area contributed by atoms with Crippen LogP contribution in [0.25, 0.3) is 0 Å². The number of amides is 1. The predicted molar refractivity (Wildman–Crippen MR) is 59.7 cm³/mol. The highest BCUT2D eigenvalue weighted by molar-refractivity contribution is 5.85. The van der Waals surface area contributed by atoms with E-state index in [1.807, 2.05) is 0 Å². The smallest absolute Gasteiger partial charge is 0.323 e. The molecule has 16 heavy (non-hydrogen) atoms. The summed E-state index contributed by atoms with van der Waals surface area (Å²) < 4.78 is 0. The summed E-state index contributed by atoms with van der Waals surface area (Å²) in [6.07, 6.45) is 4.08. The second-order valence-corrected chi connectivity index (χ2v) is 4.19. The zero-order chi connectivity index (χ0) is 12.1. The van der Waals surface area contributed by atoms with Crippen LogP contribution in [-0.4, -0.2) is 41.0 Å². The quantitative estimate of drug-likeness (QED) is 0.608. The van der Waals surface area contributed by atoms with E-state index in [1.165, 1.54) is 4.90 Å². The molecule has 1 rings (SSSR count). The summed E-state index contributed by atoms with van der Waals surface area (Å²) in [4.78, 5) is 23.8. The molecular formula is C11H18N2O3. The van der Waals surface area contributed by atoms with E-state index in [4.69, 9.17) is 10.8 Å². The summed E-state index contributed by atoms with van der Waals surface area (Å²) in [6, 6.07) is -0.671. The highest BCUT2D eigenvalue weighted by Gasteiger charge is 2.29. The minimum absolute atomic E-state index is 0.264. The molecule has 5 heteroatoms. The second kappa shape index (κ2) is 5.65. The lowest BCUT2D eigenvalue weighted by Gasteiger charge is -2.23. The number of carboxylic acid groups (broad SMARTS) is 1. The molecule has 0 bridgehead atoms. The van der Waals surface area contributed by atoms with Gasteiger partial charge in [-0.25, -0.2) is 0 Å². The van der Waals surface area contributed by atoms with Crippen molar-refractivity contribution < 1.29 is 14.7 Å². The molecule has 0 heterocycles. The van der Waals surface area contributed by atoms with Crippen LogP contribution in [-0.2, 0) is 9.59 Å². The summed E-state index contributed by atoms with van der Waals surface area (Å²) in [5.74, 6) is -0.840. The van der Waals surface area contributed by atoms with Crippen LogP contribution in [0.4, 0.5) is 0 Å². The lowest BCUT2D eigenvalue weighted by molar-refractivity contribution is -0.145. The number of hydrogen-bond acceptors (Lipinski definition) is 3. The summed E-state index contributed by atoms with van der Waals surface area (Å²) in [6.45, 7) is 3.76. The van der Waals surface area contributed by atoms with E-state index in [0.29, 0.717) is 18.9 Å². The summed E-state index contributed by atoms with van der Waals surface area (Å²) in [7, 11) is 0. The SMILES string of the molecule is C=CCC(N)C(=O)N(CC(=O)O)CC1CC1. The first-order valence-corrected chi connectivity index (χ1v) is 5.41. The number of hydrogen-bond donors (Lipinski definition) is 2. The number of nitrogens with zero attached hydrogens (tertiary/aromatic N) is 1. The molecule has 1 saturated carbocycles. The molecule has 0 radical (unpaired) electrons. The van der Waals surface area contributed by atoms with Gasteiger partial charge >= 0.3 is 5.97 Å². The molecule has 3 N–H and O–H groups in total. The van der Waals surface area contributed by atoms with E-state index < -0.39 is 12.0 Å². The van der Waals surface area contributed by atoms with Crippen molar-refractivity contribution in [3.63, 3.8) is 0 Å². The Morgan fingerprint density at radius 1 is 1.56 bits per heavy atom. The van der Waals surface area contributed by atoms with Crippen LogP contribution in [0.3, 0.4) is 0 Å². The summed E-state index contributed by atoms with van der Waals surface area (Å²) >= 11 is 0. The van der Waals surface area contributed by atoms with Crippen LogP contribution in [0, 0.1) is 5.92 Å². The molecule has 0 spiro atoms. The van der Waals surface area contributed by atoms with Gasteiger partial charge in [-0.05, 0) is 25.2 Å². The molecular weight excluding hydrogens is 208 g/mol. The third-order valence-corrected chi connectivity index (χ3v) is 2.55. The number of rotatable bonds is 7. The van der Waals surface area contributed by atoms with E-state index in [-0.39, 0.29) is 12.5 Å². The highest BCUT2D eigenvalue weighted by Crippen LogP contribution is 2.29. The maximum atomic E-state index is 11.8. The molecule has 0 aromatic heterocycles. The fraction of sp³-hybridized carbons (Fsp3) is 0.636. The van der Waals surface area contributed by atoms with Crippen molar-refractivity contribution in [2.75, 3.05) is 13.1 Å². The van der Waals surface area contributed by atoms with Crippen molar-refractivity contribution in [3.05, 3.63) is 12.7 Å². The van der Waals surface area contributed by atoms with E-state index in [0.717, 1.165) is 12.8 Å². The van der Waals surface area contributed by atoms with Crippen LogP contribution in [0.1, 0.15) is 19.3 Å². The Morgan fingerprint density at radius 3 is 2.62 bits per heavy atom. The van der Waals surface area contributed by atoms with Gasteiger partial charge in [0.15, 0.2) is 0 Å². The Balaban J connectivity index is 2.54. The number of carboxylic acids is 1. The molecule has 90 valence electrons. The minimum atomic E-state index is -1.00. The van der Waals surface area contributed by atoms with Crippen molar-refractivity contribution in [2.45, 2.75) is 25.3 Å². The maximum Gasteiger partial charge on any atom is 0.323 e. The standard InChI is InChI=1S/C11H18N2O3/c1-2-3-9(12)11(16)13(7-10(14)15)6-8-4-5-8/h2,8-9H,1,3-7,12H2,(H,14,15). The third kappa shape index (κ3) is 4.02. The molecule has 1 fully saturated rings. The third-order valence-electron chi connectivity index (χ3n) is 2.55. The molecule has 1 aliphatic carbocycles. The van der Waals surface area contributed by atoms with E-state index in [2.05, 4.69) is 6.58 Å². The Labute approximate surface area is 94.9 Å². The molecule has 0 saturated heterocycles. The van der Waals surface area contributed by atoms with Gasteiger partial charge in [0.25, 0.3) is 0 Å². The first kappa shape index (κ1) is 12.7. The van der Waals surface area contributed by atoms with Crippen molar-refractivity contribution in [1.82, 2.24) is 4.90 Å². The number of nitrogens with two attached hydrogens (primary N) is 1. The van der Waals surface area contributed by atoms with Crippen molar-refractivity contribution in [1.29, 1.82) is 0 Å². The van der Waals surface area contributed by atoms with Crippen LogP contribution in [0.5, 0.6) is 0 Å². The van der Waals surface area contributed by atoms with Gasteiger partial charge in [0.2, 0.25) is 5.91 Å². The molecule has 5 nitrogen and oxygen atoms in total. The van der Waals surface area contributed by atoms with Crippen LogP contribution in [0.15, 0.2) is 12.7 Å². The minimum Gasteiger partial charge on any atom is -0.480 e. The molecule has 0 aromatic carbocycles. The summed E-state index contributed by atoms with van der Waals surface area (Å²) in [5.41, 5.74) is 5.65. The van der Waals surface area contributed by atoms with Gasteiger partial charge in [-0.3, -0.25) is 9.59 Å². The van der Waals surface area contributed by atoms with Crippen molar-refractivity contribution in [3.8, 4) is 0 Å². The predicted octanol–water partition coefficient (Wildman–Crippen LogP) is 0.213. The van der Waals surface area contributed by atoms with Gasteiger partial charge in [-0.2, -0.15) is 0 Å². The first-order chi connectivity index (χ1) is 7.54. The Kier molecular flexibility index (Phi) is 4.49. The van der Waals surface area contributed by atoms with Crippen LogP contribution < -0.4 is 5.73 Å². The fourth-order valence-electron chi connectivity index (χ4n) is 1.52. The van der Waals surface area contributed by atoms with E-state index >= 15 is 0 Å². The zero-order valence-corrected chi connectivity index (χ0v) is 9.26. The lowest BCUT2D eigenvalue weighted by atomic mass is 10.2. The van der Waals surface area contributed by atoms with Gasteiger partial charge in [0.1, 0.15) is 6.54 Å². The summed E-state index contributed by atoms with van der Waals surface area (Å²) in [5, 5.41) is 8.72. The Morgan fingerprint density at radius 2 is 2.19 bits per heavy atom. The van der Waals surface area contributed by atoms with Gasteiger partial charge in [-0.1, -0.05) is 6.08 Å². The van der Waals surface area contributed by atoms with E-state index in [9.17, 15) is 9.59 Å². The van der Waals surface area contributed by atoms with Gasteiger partial charge < -0.3 is 15.7 Å². The average molecular weight is 226 g/mol. The molecule has 1 atom stereocenters. The topological polar surface area (TPSA) is 83.6 Å². The largest absolute Gasteiger partial charge is 0.480 e. The fourth-order valence-corrected chi connectivity index (χ4v) is 1.52. The average Bonchev–Trinajstić information content (AvgIpc) is 2.99. The Bertz CT molecular complexity index is 287. The van der Waals surface area contributed by atoms with Crippen molar-refractivity contribution in [2.24, 2.45) is 11.7 Å². The normalized spacial score (nSPS) is 16.6. The monoisotopic (exact) mass is 226 g/mol. The molecule has 1 aliphatic rings. The van der Waals surface area contributed by atoms with Crippen molar-refractivity contribution >= 4 is 11.9 Å². The van der Waals surface area contributed by atoms with Gasteiger partial charge in [0.05, 0.1) is 6.04 Å². The molecule has 0 aliphatic heterocycles. The molecule has 1 amide bonds. The molecule has 1 unspecified atom stereocenters. The number of carbonyl (C=O) groups is 2. The van der Waals surface area contributed by atoms with Gasteiger partial charge in [0, 0.05) is 6.54 Å². The highest BCUT2D eigenvalue weighted by atomic mass is 16.4. The maximum absolute atomic E-state index is 11.8. The first-order valence-electron chi connectivity index (χ1n) is 5.41. The zero-order valence-electron chi connectivity index (χ0n) is 9.26. The van der Waals surface area contributed by atoms with Gasteiger partial charge in [-0.15, -0.1) is 6.58 Å². The molecule has 0 aromatic rings. The van der Waals surface area contributed by atoms with Crippen LogP contribution in [0.2, 0.25) is 0 Å². The Hall–Kier alpha value is -1.36.